The number of amides is 1. The number of hydrogen-bond donors (Lipinski definition) is 2. The lowest BCUT2D eigenvalue weighted by atomic mass is 10.1. The molecule has 2 aromatic carbocycles. The Balaban J connectivity index is 1.62. The van der Waals surface area contributed by atoms with Crippen molar-refractivity contribution < 1.29 is 14.3 Å². The summed E-state index contributed by atoms with van der Waals surface area (Å²) < 4.78 is 11.0. The van der Waals surface area contributed by atoms with Crippen LogP contribution in [0.5, 0.6) is 11.5 Å². The van der Waals surface area contributed by atoms with Gasteiger partial charge in [-0.15, -0.1) is 0 Å². The van der Waals surface area contributed by atoms with Crippen LogP contribution in [0.2, 0.25) is 5.02 Å². The molecule has 6 heteroatoms. The second-order valence-corrected chi connectivity index (χ2v) is 6.39. The minimum absolute atomic E-state index is 0.0466. The van der Waals surface area contributed by atoms with Gasteiger partial charge in [0.05, 0.1) is 6.04 Å². The number of anilines is 1. The molecule has 0 saturated carbocycles. The van der Waals surface area contributed by atoms with Gasteiger partial charge in [-0.2, -0.15) is 0 Å². The van der Waals surface area contributed by atoms with Crippen molar-refractivity contribution in [2.45, 2.75) is 25.9 Å². The van der Waals surface area contributed by atoms with Crippen LogP contribution in [-0.4, -0.2) is 25.2 Å². The molecule has 0 spiro atoms. The topological polar surface area (TPSA) is 59.6 Å². The van der Waals surface area contributed by atoms with E-state index in [1.54, 1.807) is 18.2 Å². The Labute approximate surface area is 152 Å². The minimum atomic E-state index is -0.389. The average molecular weight is 361 g/mol. The Morgan fingerprint density at radius 1 is 1.08 bits per heavy atom. The van der Waals surface area contributed by atoms with E-state index in [9.17, 15) is 4.79 Å². The Kier molecular flexibility index (Phi) is 5.46. The summed E-state index contributed by atoms with van der Waals surface area (Å²) in [6, 6.07) is 12.5. The van der Waals surface area contributed by atoms with Gasteiger partial charge in [-0.3, -0.25) is 10.1 Å². The van der Waals surface area contributed by atoms with Gasteiger partial charge in [0.2, 0.25) is 5.91 Å². The first-order chi connectivity index (χ1) is 12.0. The van der Waals surface area contributed by atoms with Crippen LogP contribution in [0, 0.1) is 0 Å². The number of fused-ring (bicyclic) bond motifs is 1. The number of halogens is 1. The minimum Gasteiger partial charge on any atom is -0.486 e. The molecule has 1 amide bonds. The quantitative estimate of drug-likeness (QED) is 0.851. The maximum absolute atomic E-state index is 12.5. The number of carbonyl (C=O) groups is 1. The standard InChI is InChI=1S/C19H21ClN2O3/c1-12(15-5-3-4-6-16(15)20)21-13(2)19(23)22-14-7-8-17-18(11-14)25-10-9-24-17/h3-8,11-13,21H,9-10H2,1-2H3,(H,22,23). The third kappa shape index (κ3) is 4.24. The lowest BCUT2D eigenvalue weighted by Crippen LogP contribution is -2.39. The fourth-order valence-corrected chi connectivity index (χ4v) is 3.04. The van der Waals surface area contributed by atoms with Gasteiger partial charge < -0.3 is 14.8 Å². The Bertz CT molecular complexity index is 766. The SMILES string of the molecule is CC(NC(C)c1ccccc1Cl)C(=O)Nc1ccc2c(c1)OCCO2. The number of nitrogens with one attached hydrogen (secondary N) is 2. The summed E-state index contributed by atoms with van der Waals surface area (Å²) in [7, 11) is 0. The van der Waals surface area contributed by atoms with Crippen LogP contribution >= 0.6 is 11.6 Å². The highest BCUT2D eigenvalue weighted by molar-refractivity contribution is 6.31. The van der Waals surface area contributed by atoms with Crippen molar-refractivity contribution >= 4 is 23.2 Å². The highest BCUT2D eigenvalue weighted by Gasteiger charge is 2.19. The van der Waals surface area contributed by atoms with Gasteiger partial charge in [0, 0.05) is 22.8 Å². The fraction of sp³-hybridized carbons (Fsp3) is 0.316. The summed E-state index contributed by atoms with van der Waals surface area (Å²) in [6.45, 7) is 4.85. The molecular formula is C19H21ClN2O3. The number of ether oxygens (including phenoxy) is 2. The third-order valence-corrected chi connectivity index (χ3v) is 4.42. The molecule has 2 aromatic rings. The summed E-state index contributed by atoms with van der Waals surface area (Å²) in [4.78, 5) is 12.5. The first kappa shape index (κ1) is 17.6. The Morgan fingerprint density at radius 2 is 1.80 bits per heavy atom. The largest absolute Gasteiger partial charge is 0.486 e. The second-order valence-electron chi connectivity index (χ2n) is 5.98. The van der Waals surface area contributed by atoms with Crippen molar-refractivity contribution in [1.82, 2.24) is 5.32 Å². The van der Waals surface area contributed by atoms with E-state index in [2.05, 4.69) is 10.6 Å². The van der Waals surface area contributed by atoms with Crippen molar-refractivity contribution in [3.63, 3.8) is 0 Å². The van der Waals surface area contributed by atoms with Crippen molar-refractivity contribution in [1.29, 1.82) is 0 Å². The van der Waals surface area contributed by atoms with Crippen molar-refractivity contribution in [2.24, 2.45) is 0 Å². The van der Waals surface area contributed by atoms with E-state index in [1.165, 1.54) is 0 Å². The van der Waals surface area contributed by atoms with Crippen molar-refractivity contribution in [3.05, 3.63) is 53.1 Å². The van der Waals surface area contributed by atoms with E-state index in [4.69, 9.17) is 21.1 Å². The average Bonchev–Trinajstić information content (AvgIpc) is 2.61. The molecule has 1 aliphatic heterocycles. The summed E-state index contributed by atoms with van der Waals surface area (Å²) >= 11 is 6.21. The molecule has 0 aromatic heterocycles. The zero-order chi connectivity index (χ0) is 17.8. The summed E-state index contributed by atoms with van der Waals surface area (Å²) in [5, 5.41) is 6.84. The molecule has 0 fully saturated rings. The first-order valence-electron chi connectivity index (χ1n) is 8.25. The number of carbonyl (C=O) groups excluding carboxylic acids is 1. The molecule has 3 rings (SSSR count). The van der Waals surface area contributed by atoms with E-state index in [0.717, 1.165) is 5.56 Å². The second kappa shape index (κ2) is 7.76. The molecule has 0 saturated heterocycles. The van der Waals surface area contributed by atoms with Crippen LogP contribution in [-0.2, 0) is 4.79 Å². The van der Waals surface area contributed by atoms with Crippen LogP contribution in [0.15, 0.2) is 42.5 Å². The number of hydrogen-bond acceptors (Lipinski definition) is 4. The summed E-state index contributed by atoms with van der Waals surface area (Å²) in [6.07, 6.45) is 0. The van der Waals surface area contributed by atoms with Gasteiger partial charge in [-0.1, -0.05) is 29.8 Å². The van der Waals surface area contributed by atoms with Crippen molar-refractivity contribution in [3.8, 4) is 11.5 Å². The molecule has 5 nitrogen and oxygen atoms in total. The lowest BCUT2D eigenvalue weighted by Gasteiger charge is -2.22. The maximum atomic E-state index is 12.5. The predicted molar refractivity (Wildman–Crippen MR) is 98.5 cm³/mol. The summed E-state index contributed by atoms with van der Waals surface area (Å²) in [5.41, 5.74) is 1.64. The van der Waals surface area contributed by atoms with E-state index in [1.807, 2.05) is 38.1 Å². The molecule has 25 heavy (non-hydrogen) atoms. The van der Waals surface area contributed by atoms with E-state index >= 15 is 0 Å². The van der Waals surface area contributed by atoms with Gasteiger partial charge in [0.15, 0.2) is 11.5 Å². The van der Waals surface area contributed by atoms with E-state index in [-0.39, 0.29) is 18.0 Å². The summed E-state index contributed by atoms with van der Waals surface area (Å²) in [5.74, 6) is 1.22. The molecule has 0 bridgehead atoms. The van der Waals surface area contributed by atoms with Gasteiger partial charge >= 0.3 is 0 Å². The zero-order valence-electron chi connectivity index (χ0n) is 14.2. The molecule has 0 aliphatic carbocycles. The Hall–Kier alpha value is -2.24. The van der Waals surface area contributed by atoms with Crippen LogP contribution in [0.1, 0.15) is 25.5 Å². The molecule has 2 atom stereocenters. The highest BCUT2D eigenvalue weighted by atomic mass is 35.5. The van der Waals surface area contributed by atoms with Gasteiger partial charge in [0.1, 0.15) is 13.2 Å². The smallest absolute Gasteiger partial charge is 0.241 e. The van der Waals surface area contributed by atoms with Crippen LogP contribution in [0.4, 0.5) is 5.69 Å². The van der Waals surface area contributed by atoms with Gasteiger partial charge in [0.25, 0.3) is 0 Å². The third-order valence-electron chi connectivity index (χ3n) is 4.07. The number of benzene rings is 2. The monoisotopic (exact) mass is 360 g/mol. The fourth-order valence-electron chi connectivity index (χ4n) is 2.74. The molecule has 132 valence electrons. The Morgan fingerprint density at radius 3 is 2.56 bits per heavy atom. The maximum Gasteiger partial charge on any atom is 0.241 e. The molecule has 2 unspecified atom stereocenters. The van der Waals surface area contributed by atoms with Crippen LogP contribution in [0.25, 0.3) is 0 Å². The van der Waals surface area contributed by atoms with Gasteiger partial charge in [-0.25, -0.2) is 0 Å². The molecule has 1 heterocycles. The normalized spacial score (nSPS) is 15.3. The molecule has 1 aliphatic rings. The van der Waals surface area contributed by atoms with Crippen LogP contribution in [0.3, 0.4) is 0 Å². The van der Waals surface area contributed by atoms with Crippen LogP contribution < -0.4 is 20.1 Å². The van der Waals surface area contributed by atoms with Crippen molar-refractivity contribution in [2.75, 3.05) is 18.5 Å². The molecular weight excluding hydrogens is 340 g/mol. The highest BCUT2D eigenvalue weighted by Crippen LogP contribution is 2.32. The zero-order valence-corrected chi connectivity index (χ0v) is 15.0. The number of rotatable bonds is 5. The van der Waals surface area contributed by atoms with E-state index < -0.39 is 0 Å². The van der Waals surface area contributed by atoms with E-state index in [0.29, 0.717) is 35.4 Å². The van der Waals surface area contributed by atoms with Gasteiger partial charge in [-0.05, 0) is 37.6 Å². The predicted octanol–water partition coefficient (Wildman–Crippen LogP) is 3.79. The molecule has 2 N–H and O–H groups in total. The lowest BCUT2D eigenvalue weighted by molar-refractivity contribution is -0.117. The molecule has 0 radical (unpaired) electrons. The first-order valence-corrected chi connectivity index (χ1v) is 8.63.